The second-order valence-corrected chi connectivity index (χ2v) is 3.32. The standard InChI is InChI=1S/C11H9N3O3/c15-10(16)7-2-1-3-8(4-7)14-9-5-12-11(17)13-6-9/h1-6,14H,(H,15,16)(H,12,13,17). The molecule has 1 aromatic heterocycles. The minimum absolute atomic E-state index is 0.187. The van der Waals surface area contributed by atoms with Gasteiger partial charge in [-0.15, -0.1) is 0 Å². The Morgan fingerprint density at radius 3 is 2.82 bits per heavy atom. The molecule has 86 valence electrons. The molecule has 0 unspecified atom stereocenters. The Kier molecular flexibility index (Phi) is 2.87. The van der Waals surface area contributed by atoms with Crippen molar-refractivity contribution in [1.82, 2.24) is 9.97 Å². The highest BCUT2D eigenvalue weighted by Crippen LogP contribution is 2.15. The summed E-state index contributed by atoms with van der Waals surface area (Å²) in [6.07, 6.45) is 2.83. The molecule has 0 saturated heterocycles. The summed E-state index contributed by atoms with van der Waals surface area (Å²) < 4.78 is 0. The Balaban J connectivity index is 2.24. The van der Waals surface area contributed by atoms with Gasteiger partial charge < -0.3 is 15.4 Å². The van der Waals surface area contributed by atoms with Gasteiger partial charge in [-0.2, -0.15) is 4.98 Å². The Bertz CT molecular complexity index is 586. The van der Waals surface area contributed by atoms with Crippen molar-refractivity contribution in [2.45, 2.75) is 0 Å². The van der Waals surface area contributed by atoms with Crippen LogP contribution in [-0.4, -0.2) is 21.0 Å². The lowest BCUT2D eigenvalue weighted by Gasteiger charge is -2.05. The Hall–Kier alpha value is -2.63. The SMILES string of the molecule is O=C(O)c1cccc(Nc2cnc(=O)[nH]c2)c1. The van der Waals surface area contributed by atoms with Crippen molar-refractivity contribution < 1.29 is 9.90 Å². The number of aromatic carboxylic acids is 1. The minimum atomic E-state index is -0.992. The van der Waals surface area contributed by atoms with E-state index in [4.69, 9.17) is 5.11 Å². The molecule has 17 heavy (non-hydrogen) atoms. The van der Waals surface area contributed by atoms with Crippen molar-refractivity contribution in [3.8, 4) is 0 Å². The van der Waals surface area contributed by atoms with Crippen LogP contribution >= 0.6 is 0 Å². The number of anilines is 2. The number of nitrogens with one attached hydrogen (secondary N) is 2. The molecule has 0 fully saturated rings. The Labute approximate surface area is 96.0 Å². The van der Waals surface area contributed by atoms with Crippen LogP contribution < -0.4 is 11.0 Å². The molecule has 3 N–H and O–H groups in total. The van der Waals surface area contributed by atoms with Crippen LogP contribution in [0.15, 0.2) is 41.5 Å². The predicted molar refractivity (Wildman–Crippen MR) is 61.5 cm³/mol. The van der Waals surface area contributed by atoms with Crippen molar-refractivity contribution in [3.05, 3.63) is 52.7 Å². The summed E-state index contributed by atoms with van der Waals surface area (Å²) in [5.74, 6) is -0.992. The van der Waals surface area contributed by atoms with E-state index in [0.29, 0.717) is 11.4 Å². The third-order valence-electron chi connectivity index (χ3n) is 2.07. The minimum Gasteiger partial charge on any atom is -0.478 e. The number of carbonyl (C=O) groups is 1. The van der Waals surface area contributed by atoms with E-state index >= 15 is 0 Å². The van der Waals surface area contributed by atoms with E-state index in [1.54, 1.807) is 12.1 Å². The summed E-state index contributed by atoms with van der Waals surface area (Å²) in [7, 11) is 0. The zero-order chi connectivity index (χ0) is 12.3. The quantitative estimate of drug-likeness (QED) is 0.738. The number of carboxylic acid groups (broad SMARTS) is 1. The monoisotopic (exact) mass is 231 g/mol. The average Bonchev–Trinajstić information content (AvgIpc) is 2.32. The van der Waals surface area contributed by atoms with Crippen LogP contribution in [0.3, 0.4) is 0 Å². The number of aromatic amines is 1. The molecule has 6 nitrogen and oxygen atoms in total. The first-order valence-corrected chi connectivity index (χ1v) is 4.80. The van der Waals surface area contributed by atoms with E-state index in [2.05, 4.69) is 15.3 Å². The van der Waals surface area contributed by atoms with Crippen LogP contribution in [0.25, 0.3) is 0 Å². The summed E-state index contributed by atoms with van der Waals surface area (Å²) in [5, 5.41) is 11.8. The fraction of sp³-hybridized carbons (Fsp3) is 0. The molecule has 1 aromatic carbocycles. The highest BCUT2D eigenvalue weighted by atomic mass is 16.4. The van der Waals surface area contributed by atoms with E-state index in [0.717, 1.165) is 0 Å². The molecule has 0 amide bonds. The number of nitrogens with zero attached hydrogens (tertiary/aromatic N) is 1. The number of rotatable bonds is 3. The lowest BCUT2D eigenvalue weighted by molar-refractivity contribution is 0.0697. The van der Waals surface area contributed by atoms with Crippen molar-refractivity contribution >= 4 is 17.3 Å². The molecule has 0 bridgehead atoms. The van der Waals surface area contributed by atoms with Crippen LogP contribution in [0.1, 0.15) is 10.4 Å². The summed E-state index contributed by atoms with van der Waals surface area (Å²) in [6.45, 7) is 0. The largest absolute Gasteiger partial charge is 0.478 e. The van der Waals surface area contributed by atoms with Crippen LogP contribution in [-0.2, 0) is 0 Å². The Morgan fingerprint density at radius 2 is 2.18 bits per heavy atom. The predicted octanol–water partition coefficient (Wildman–Crippen LogP) is 1.21. The molecule has 1 heterocycles. The number of hydrogen-bond acceptors (Lipinski definition) is 4. The van der Waals surface area contributed by atoms with E-state index in [1.165, 1.54) is 24.5 Å². The molecule has 0 atom stereocenters. The molecule has 0 radical (unpaired) electrons. The second-order valence-electron chi connectivity index (χ2n) is 3.32. The van der Waals surface area contributed by atoms with Gasteiger partial charge in [-0.05, 0) is 18.2 Å². The van der Waals surface area contributed by atoms with Crippen LogP contribution in [0.4, 0.5) is 11.4 Å². The maximum absolute atomic E-state index is 10.8. The number of hydrogen-bond donors (Lipinski definition) is 3. The van der Waals surface area contributed by atoms with E-state index in [9.17, 15) is 9.59 Å². The molecule has 0 spiro atoms. The maximum Gasteiger partial charge on any atom is 0.345 e. The fourth-order valence-corrected chi connectivity index (χ4v) is 1.31. The average molecular weight is 231 g/mol. The number of H-pyrrole nitrogens is 1. The molecule has 2 rings (SSSR count). The van der Waals surface area contributed by atoms with Gasteiger partial charge in [0.25, 0.3) is 0 Å². The van der Waals surface area contributed by atoms with Gasteiger partial charge in [-0.3, -0.25) is 0 Å². The van der Waals surface area contributed by atoms with Gasteiger partial charge in [0.2, 0.25) is 0 Å². The highest BCUT2D eigenvalue weighted by Gasteiger charge is 2.03. The zero-order valence-electron chi connectivity index (χ0n) is 8.68. The second kappa shape index (κ2) is 4.48. The third-order valence-corrected chi connectivity index (χ3v) is 2.07. The van der Waals surface area contributed by atoms with E-state index in [-0.39, 0.29) is 5.56 Å². The molecule has 0 aliphatic heterocycles. The molecular formula is C11H9N3O3. The maximum atomic E-state index is 10.8. The fourth-order valence-electron chi connectivity index (χ4n) is 1.31. The van der Waals surface area contributed by atoms with Gasteiger partial charge in [0, 0.05) is 11.9 Å². The van der Waals surface area contributed by atoms with Gasteiger partial charge in [0.05, 0.1) is 17.4 Å². The molecule has 0 aliphatic rings. The molecule has 0 saturated carbocycles. The van der Waals surface area contributed by atoms with Crippen molar-refractivity contribution in [3.63, 3.8) is 0 Å². The van der Waals surface area contributed by atoms with E-state index < -0.39 is 11.7 Å². The van der Waals surface area contributed by atoms with Crippen molar-refractivity contribution in [1.29, 1.82) is 0 Å². The lowest BCUT2D eigenvalue weighted by atomic mass is 10.2. The number of aromatic nitrogens is 2. The van der Waals surface area contributed by atoms with Crippen molar-refractivity contribution in [2.75, 3.05) is 5.32 Å². The highest BCUT2D eigenvalue weighted by molar-refractivity contribution is 5.89. The van der Waals surface area contributed by atoms with Crippen LogP contribution in [0.5, 0.6) is 0 Å². The summed E-state index contributed by atoms with van der Waals surface area (Å²) >= 11 is 0. The third kappa shape index (κ3) is 2.69. The first-order valence-electron chi connectivity index (χ1n) is 4.80. The molecule has 2 aromatic rings. The zero-order valence-corrected chi connectivity index (χ0v) is 8.68. The summed E-state index contributed by atoms with van der Waals surface area (Å²) in [5.41, 5.74) is 0.938. The van der Waals surface area contributed by atoms with Crippen molar-refractivity contribution in [2.24, 2.45) is 0 Å². The van der Waals surface area contributed by atoms with Crippen LogP contribution in [0.2, 0.25) is 0 Å². The molecule has 6 heteroatoms. The van der Waals surface area contributed by atoms with Gasteiger partial charge in [-0.1, -0.05) is 6.07 Å². The normalized spacial score (nSPS) is 9.88. The smallest absolute Gasteiger partial charge is 0.345 e. The number of benzene rings is 1. The van der Waals surface area contributed by atoms with Gasteiger partial charge in [-0.25, -0.2) is 9.59 Å². The van der Waals surface area contributed by atoms with Crippen LogP contribution in [0, 0.1) is 0 Å². The lowest BCUT2D eigenvalue weighted by Crippen LogP contribution is -2.08. The van der Waals surface area contributed by atoms with Gasteiger partial charge in [0.1, 0.15) is 0 Å². The topological polar surface area (TPSA) is 95.1 Å². The van der Waals surface area contributed by atoms with Gasteiger partial charge >= 0.3 is 11.7 Å². The van der Waals surface area contributed by atoms with E-state index in [1.807, 2.05) is 0 Å². The summed E-state index contributed by atoms with van der Waals surface area (Å²) in [4.78, 5) is 27.5. The Morgan fingerprint density at radius 1 is 1.35 bits per heavy atom. The first-order chi connectivity index (χ1) is 8.15. The molecule has 0 aliphatic carbocycles. The number of carboxylic acids is 1. The first kappa shape index (κ1) is 10.9. The molecular weight excluding hydrogens is 222 g/mol. The van der Waals surface area contributed by atoms with Gasteiger partial charge in [0.15, 0.2) is 0 Å². The summed E-state index contributed by atoms with van der Waals surface area (Å²) in [6, 6.07) is 6.34.